The SMILES string of the molecule is CCN(CC)CC.CCOCc1cc(C(=O)O)ccc1-c1ccccc1S(=O)(=O)N(COC)c1noc(C)c1C. The van der Waals surface area contributed by atoms with Gasteiger partial charge < -0.3 is 24.0 Å². The van der Waals surface area contributed by atoms with Gasteiger partial charge in [0, 0.05) is 24.8 Å². The first kappa shape index (κ1) is 33.0. The van der Waals surface area contributed by atoms with Crippen LogP contribution in [0.4, 0.5) is 5.82 Å². The van der Waals surface area contributed by atoms with Gasteiger partial charge in [0.15, 0.2) is 5.82 Å². The number of hydrogen-bond donors (Lipinski definition) is 1. The fourth-order valence-electron chi connectivity index (χ4n) is 4.02. The number of carboxylic acid groups (broad SMARTS) is 1. The Balaban J connectivity index is 0.000000708. The van der Waals surface area contributed by atoms with Gasteiger partial charge in [-0.15, -0.1) is 0 Å². The molecular weight excluding hydrogens is 534 g/mol. The number of ether oxygens (including phenoxy) is 2. The normalized spacial score (nSPS) is 11.3. The van der Waals surface area contributed by atoms with E-state index in [1.165, 1.54) is 44.9 Å². The van der Waals surface area contributed by atoms with E-state index in [0.29, 0.717) is 34.6 Å². The van der Waals surface area contributed by atoms with Crippen molar-refractivity contribution < 1.29 is 32.3 Å². The number of carbonyl (C=O) groups is 1. The minimum atomic E-state index is -4.14. The summed E-state index contributed by atoms with van der Waals surface area (Å²) < 4.78 is 44.6. The third-order valence-corrected chi connectivity index (χ3v) is 8.29. The van der Waals surface area contributed by atoms with Crippen molar-refractivity contribution in [2.24, 2.45) is 0 Å². The molecule has 0 radical (unpaired) electrons. The number of carboxylic acids is 1. The molecule has 0 atom stereocenters. The lowest BCUT2D eigenvalue weighted by molar-refractivity contribution is 0.0696. The summed E-state index contributed by atoms with van der Waals surface area (Å²) in [5, 5.41) is 13.3. The van der Waals surface area contributed by atoms with E-state index in [-0.39, 0.29) is 29.6 Å². The molecule has 40 heavy (non-hydrogen) atoms. The average Bonchev–Trinajstić information content (AvgIpc) is 3.28. The summed E-state index contributed by atoms with van der Waals surface area (Å²) in [5.41, 5.74) is 2.19. The largest absolute Gasteiger partial charge is 0.478 e. The zero-order valence-electron chi connectivity index (χ0n) is 24.4. The number of aryl methyl sites for hydroxylation is 1. The number of rotatable bonds is 13. The molecule has 0 aliphatic heterocycles. The van der Waals surface area contributed by atoms with Crippen molar-refractivity contribution in [1.82, 2.24) is 10.1 Å². The number of nitrogens with zero attached hydrogens (tertiary/aromatic N) is 3. The van der Waals surface area contributed by atoms with Gasteiger partial charge in [0.1, 0.15) is 12.5 Å². The predicted molar refractivity (Wildman–Crippen MR) is 155 cm³/mol. The lowest BCUT2D eigenvalue weighted by Crippen LogP contribution is -2.34. The molecule has 0 amide bonds. The van der Waals surface area contributed by atoms with Gasteiger partial charge in [-0.05, 0) is 69.7 Å². The smallest absolute Gasteiger partial charge is 0.335 e. The van der Waals surface area contributed by atoms with Crippen molar-refractivity contribution in [2.45, 2.75) is 53.0 Å². The number of hydrogen-bond acceptors (Lipinski definition) is 8. The molecular formula is C29H41N3O7S. The molecule has 2 aromatic carbocycles. The van der Waals surface area contributed by atoms with Crippen molar-refractivity contribution in [1.29, 1.82) is 0 Å². The van der Waals surface area contributed by atoms with Gasteiger partial charge in [0.2, 0.25) is 0 Å². The molecule has 0 bridgehead atoms. The van der Waals surface area contributed by atoms with E-state index < -0.39 is 16.0 Å². The van der Waals surface area contributed by atoms with Gasteiger partial charge in [-0.2, -0.15) is 0 Å². The van der Waals surface area contributed by atoms with Crippen LogP contribution in [0.2, 0.25) is 0 Å². The number of sulfonamides is 1. The third-order valence-electron chi connectivity index (χ3n) is 6.52. The Kier molecular flexibility index (Phi) is 12.8. The maximum absolute atomic E-state index is 13.8. The highest BCUT2D eigenvalue weighted by atomic mass is 32.2. The van der Waals surface area contributed by atoms with Crippen LogP contribution in [0.5, 0.6) is 0 Å². The van der Waals surface area contributed by atoms with Crippen LogP contribution in [-0.4, -0.2) is 69.6 Å². The van der Waals surface area contributed by atoms with Crippen LogP contribution in [0, 0.1) is 13.8 Å². The van der Waals surface area contributed by atoms with Gasteiger partial charge in [-0.25, -0.2) is 17.5 Å². The number of methoxy groups -OCH3 is 1. The van der Waals surface area contributed by atoms with E-state index in [9.17, 15) is 18.3 Å². The van der Waals surface area contributed by atoms with E-state index in [0.717, 1.165) is 4.31 Å². The molecule has 0 spiro atoms. The summed E-state index contributed by atoms with van der Waals surface area (Å²) in [6.07, 6.45) is 0. The van der Waals surface area contributed by atoms with E-state index >= 15 is 0 Å². The number of anilines is 1. The molecule has 0 aliphatic rings. The molecule has 11 heteroatoms. The summed E-state index contributed by atoms with van der Waals surface area (Å²) in [4.78, 5) is 13.9. The highest BCUT2D eigenvalue weighted by Gasteiger charge is 2.32. The molecule has 0 aliphatic carbocycles. The van der Waals surface area contributed by atoms with Gasteiger partial charge in [0.25, 0.3) is 10.0 Å². The minimum absolute atomic E-state index is 0.0166. The van der Waals surface area contributed by atoms with Crippen LogP contribution in [0.3, 0.4) is 0 Å². The van der Waals surface area contributed by atoms with Crippen LogP contribution in [0.25, 0.3) is 11.1 Å². The second-order valence-corrected chi connectivity index (χ2v) is 10.7. The minimum Gasteiger partial charge on any atom is -0.478 e. The lowest BCUT2D eigenvalue weighted by Gasteiger charge is -2.23. The molecule has 3 aromatic rings. The van der Waals surface area contributed by atoms with Crippen molar-refractivity contribution in [2.75, 3.05) is 44.4 Å². The lowest BCUT2D eigenvalue weighted by atomic mass is 9.98. The molecule has 0 saturated heterocycles. The van der Waals surface area contributed by atoms with Gasteiger partial charge in [-0.3, -0.25) is 0 Å². The molecule has 1 aromatic heterocycles. The highest BCUT2D eigenvalue weighted by molar-refractivity contribution is 7.93. The summed E-state index contributed by atoms with van der Waals surface area (Å²) in [7, 11) is -2.75. The zero-order chi connectivity index (χ0) is 29.9. The second kappa shape index (κ2) is 15.5. The van der Waals surface area contributed by atoms with Crippen LogP contribution < -0.4 is 4.31 Å². The Morgan fingerprint density at radius 3 is 2.15 bits per heavy atom. The molecule has 1 heterocycles. The predicted octanol–water partition coefficient (Wildman–Crippen LogP) is 5.34. The maximum atomic E-state index is 13.8. The second-order valence-electron chi connectivity index (χ2n) is 8.89. The Labute approximate surface area is 237 Å². The molecule has 10 nitrogen and oxygen atoms in total. The zero-order valence-corrected chi connectivity index (χ0v) is 25.2. The van der Waals surface area contributed by atoms with Gasteiger partial charge >= 0.3 is 5.97 Å². The molecule has 3 rings (SSSR count). The third kappa shape index (κ3) is 7.91. The maximum Gasteiger partial charge on any atom is 0.335 e. The fraction of sp³-hybridized carbons (Fsp3) is 0.448. The summed E-state index contributed by atoms with van der Waals surface area (Å²) in [6.45, 7) is 15.6. The van der Waals surface area contributed by atoms with Crippen LogP contribution in [-0.2, 0) is 26.1 Å². The highest BCUT2D eigenvalue weighted by Crippen LogP contribution is 2.35. The van der Waals surface area contributed by atoms with E-state index in [4.69, 9.17) is 14.0 Å². The van der Waals surface area contributed by atoms with E-state index in [1.54, 1.807) is 38.1 Å². The van der Waals surface area contributed by atoms with Crippen LogP contribution >= 0.6 is 0 Å². The number of benzene rings is 2. The van der Waals surface area contributed by atoms with Gasteiger partial charge in [-0.1, -0.05) is 50.2 Å². The fourth-order valence-corrected chi connectivity index (χ4v) is 5.61. The molecule has 0 saturated carbocycles. The Morgan fingerprint density at radius 1 is 1.00 bits per heavy atom. The van der Waals surface area contributed by atoms with E-state index in [1.807, 2.05) is 6.92 Å². The molecule has 1 N–H and O–H groups in total. The summed E-state index contributed by atoms with van der Waals surface area (Å²) in [6, 6.07) is 11.0. The Morgan fingerprint density at radius 2 is 1.65 bits per heavy atom. The Hall–Kier alpha value is -3.25. The first-order valence-electron chi connectivity index (χ1n) is 13.3. The first-order chi connectivity index (χ1) is 19.1. The Bertz CT molecular complexity index is 1350. The average molecular weight is 576 g/mol. The molecule has 220 valence electrons. The van der Waals surface area contributed by atoms with Crippen molar-refractivity contribution >= 4 is 21.8 Å². The topological polar surface area (TPSA) is 122 Å². The first-order valence-corrected chi connectivity index (χ1v) is 14.7. The monoisotopic (exact) mass is 575 g/mol. The number of aromatic nitrogens is 1. The van der Waals surface area contributed by atoms with Gasteiger partial charge in [0.05, 0.1) is 17.1 Å². The van der Waals surface area contributed by atoms with Crippen molar-refractivity contribution in [3.8, 4) is 11.1 Å². The molecule has 0 unspecified atom stereocenters. The van der Waals surface area contributed by atoms with Crippen LogP contribution in [0.15, 0.2) is 51.9 Å². The molecule has 0 fully saturated rings. The van der Waals surface area contributed by atoms with Crippen LogP contribution in [0.1, 0.15) is 54.9 Å². The number of aromatic carboxylic acids is 1. The standard InChI is InChI=1S/C23H26N2O7S.C6H15N/c1-5-31-13-18-12-17(23(26)27)10-11-19(18)20-8-6-7-9-21(20)33(28,29)25(14-30-4)22-15(2)16(3)32-24-22;1-4-7(5-2)6-3/h6-12H,5,13-14H2,1-4H3,(H,26,27);4-6H2,1-3H3. The van der Waals surface area contributed by atoms with E-state index in [2.05, 4.69) is 30.8 Å². The summed E-state index contributed by atoms with van der Waals surface area (Å²) >= 11 is 0. The quantitative estimate of drug-likeness (QED) is 0.269. The summed E-state index contributed by atoms with van der Waals surface area (Å²) in [5.74, 6) is -0.443. The van der Waals surface area contributed by atoms with Crippen molar-refractivity contribution in [3.63, 3.8) is 0 Å². The van der Waals surface area contributed by atoms with Crippen molar-refractivity contribution in [3.05, 3.63) is 64.9 Å².